The van der Waals surface area contributed by atoms with Crippen LogP contribution in [0.3, 0.4) is 0 Å². The van der Waals surface area contributed by atoms with Gasteiger partial charge in [0.1, 0.15) is 5.82 Å². The molecule has 1 aromatic carbocycles. The van der Waals surface area contributed by atoms with Gasteiger partial charge < -0.3 is 10.1 Å². The number of nitrogens with one attached hydrogen (secondary N) is 1. The Morgan fingerprint density at radius 2 is 1.96 bits per heavy atom. The molecule has 6 heteroatoms. The number of hydrogen-bond acceptors (Lipinski definition) is 4. The number of halogens is 1. The maximum Gasteiger partial charge on any atom is 0.339 e. The largest absolute Gasteiger partial charge is 0.452 e. The first-order valence-electron chi connectivity index (χ1n) is 8.36. The molecule has 0 unspecified atom stereocenters. The van der Waals surface area contributed by atoms with Crippen molar-refractivity contribution in [1.29, 1.82) is 0 Å². The first-order valence-corrected chi connectivity index (χ1v) is 9.23. The van der Waals surface area contributed by atoms with Crippen LogP contribution < -0.4 is 5.32 Å². The zero-order chi connectivity index (χ0) is 17.8. The topological polar surface area (TPSA) is 55.4 Å². The molecule has 0 fully saturated rings. The predicted octanol–water partition coefficient (Wildman–Crippen LogP) is 3.80. The van der Waals surface area contributed by atoms with E-state index in [1.54, 1.807) is 30.4 Å². The minimum Gasteiger partial charge on any atom is -0.452 e. The van der Waals surface area contributed by atoms with E-state index in [4.69, 9.17) is 4.74 Å². The number of aryl methyl sites for hydroxylation is 1. The van der Waals surface area contributed by atoms with Crippen LogP contribution >= 0.6 is 11.3 Å². The molecule has 25 heavy (non-hydrogen) atoms. The third-order valence-corrected chi connectivity index (χ3v) is 5.45. The zero-order valence-electron chi connectivity index (χ0n) is 14.0. The fraction of sp³-hybridized carbons (Fsp3) is 0.368. The molecule has 1 amide bonds. The van der Waals surface area contributed by atoms with E-state index in [2.05, 4.69) is 5.32 Å². The van der Waals surface area contributed by atoms with Crippen molar-refractivity contribution in [3.8, 4) is 0 Å². The third-order valence-electron chi connectivity index (χ3n) is 4.36. The molecule has 0 saturated heterocycles. The number of carbonyl (C=O) groups is 2. The number of carbonyl (C=O) groups excluding carboxylic acids is 2. The second kappa shape index (κ2) is 7.78. The molecule has 1 N–H and O–H groups in total. The van der Waals surface area contributed by atoms with E-state index in [0.29, 0.717) is 5.56 Å². The summed E-state index contributed by atoms with van der Waals surface area (Å²) in [5, 5.41) is 4.57. The number of benzene rings is 1. The molecular formula is C19H20FNO3S. The molecule has 1 aliphatic carbocycles. The summed E-state index contributed by atoms with van der Waals surface area (Å²) >= 11 is 1.59. The van der Waals surface area contributed by atoms with Gasteiger partial charge in [-0.25, -0.2) is 9.18 Å². The standard InChI is InChI=1S/C19H20FNO3S/c1-12(13-6-8-14(20)9-7-13)21-18(22)10-24-19(23)16-11-25-17-5-3-2-4-15(16)17/h6-9,11-12H,2-5,10H2,1H3,(H,21,22)/t12-/m0/s1. The molecule has 132 valence electrons. The van der Waals surface area contributed by atoms with E-state index in [1.165, 1.54) is 17.0 Å². The lowest BCUT2D eigenvalue weighted by Gasteiger charge is -2.15. The fourth-order valence-electron chi connectivity index (χ4n) is 2.99. The number of thiophene rings is 1. The molecule has 0 spiro atoms. The Bertz CT molecular complexity index is 769. The lowest BCUT2D eigenvalue weighted by Crippen LogP contribution is -2.31. The minimum atomic E-state index is -0.441. The van der Waals surface area contributed by atoms with E-state index < -0.39 is 5.97 Å². The summed E-state index contributed by atoms with van der Waals surface area (Å²) in [6, 6.07) is 5.63. The van der Waals surface area contributed by atoms with E-state index in [1.807, 2.05) is 5.38 Å². The van der Waals surface area contributed by atoms with Crippen molar-refractivity contribution in [2.75, 3.05) is 6.61 Å². The molecule has 0 bridgehead atoms. The maximum absolute atomic E-state index is 12.9. The Morgan fingerprint density at radius 3 is 2.72 bits per heavy atom. The normalized spacial score (nSPS) is 14.5. The van der Waals surface area contributed by atoms with Crippen LogP contribution in [0, 0.1) is 5.82 Å². The number of rotatable bonds is 5. The summed E-state index contributed by atoms with van der Waals surface area (Å²) < 4.78 is 18.1. The highest BCUT2D eigenvalue weighted by Crippen LogP contribution is 2.30. The molecule has 0 aliphatic heterocycles. The molecule has 1 atom stereocenters. The fourth-order valence-corrected chi connectivity index (χ4v) is 4.11. The van der Waals surface area contributed by atoms with Crippen LogP contribution in [0.4, 0.5) is 4.39 Å². The Balaban J connectivity index is 1.52. The average Bonchev–Trinajstić information content (AvgIpc) is 3.04. The number of hydrogen-bond donors (Lipinski definition) is 1. The van der Waals surface area contributed by atoms with Crippen molar-refractivity contribution in [3.63, 3.8) is 0 Å². The molecule has 2 aromatic rings. The van der Waals surface area contributed by atoms with E-state index in [0.717, 1.165) is 36.8 Å². The van der Waals surface area contributed by atoms with Gasteiger partial charge in [-0.15, -0.1) is 11.3 Å². The van der Waals surface area contributed by atoms with Crippen molar-refractivity contribution in [2.45, 2.75) is 38.6 Å². The monoisotopic (exact) mass is 361 g/mol. The SMILES string of the molecule is C[C@H](NC(=O)COC(=O)c1csc2c1CCCC2)c1ccc(F)cc1. The average molecular weight is 361 g/mol. The van der Waals surface area contributed by atoms with Crippen molar-refractivity contribution in [3.05, 3.63) is 57.0 Å². The molecular weight excluding hydrogens is 341 g/mol. The smallest absolute Gasteiger partial charge is 0.339 e. The first kappa shape index (κ1) is 17.6. The van der Waals surface area contributed by atoms with Gasteiger partial charge in [-0.05, 0) is 55.9 Å². The van der Waals surface area contributed by atoms with E-state index in [-0.39, 0.29) is 24.4 Å². The van der Waals surface area contributed by atoms with Crippen LogP contribution in [0.2, 0.25) is 0 Å². The maximum atomic E-state index is 12.9. The summed E-state index contributed by atoms with van der Waals surface area (Å²) in [4.78, 5) is 25.5. The van der Waals surface area contributed by atoms with E-state index >= 15 is 0 Å². The minimum absolute atomic E-state index is 0.291. The lowest BCUT2D eigenvalue weighted by atomic mass is 9.96. The Labute approximate surface area is 150 Å². The van der Waals surface area contributed by atoms with Gasteiger partial charge >= 0.3 is 5.97 Å². The summed E-state index contributed by atoms with van der Waals surface area (Å²) in [5.74, 6) is -1.14. The van der Waals surface area contributed by atoms with Gasteiger partial charge in [0.05, 0.1) is 11.6 Å². The number of ether oxygens (including phenoxy) is 1. The van der Waals surface area contributed by atoms with Crippen molar-refractivity contribution < 1.29 is 18.7 Å². The summed E-state index contributed by atoms with van der Waals surface area (Å²) in [7, 11) is 0. The molecule has 3 rings (SSSR count). The van der Waals surface area contributed by atoms with E-state index in [9.17, 15) is 14.0 Å². The number of amides is 1. The van der Waals surface area contributed by atoms with Crippen LogP contribution in [0.1, 0.15) is 52.2 Å². The number of fused-ring (bicyclic) bond motifs is 1. The quantitative estimate of drug-likeness (QED) is 0.824. The molecule has 4 nitrogen and oxygen atoms in total. The van der Waals surface area contributed by atoms with Gasteiger partial charge in [0.25, 0.3) is 5.91 Å². The second-order valence-electron chi connectivity index (χ2n) is 6.18. The van der Waals surface area contributed by atoms with Crippen LogP contribution in [-0.4, -0.2) is 18.5 Å². The molecule has 1 heterocycles. The highest BCUT2D eigenvalue weighted by Gasteiger charge is 2.22. The van der Waals surface area contributed by atoms with Gasteiger partial charge in [0.15, 0.2) is 6.61 Å². The highest BCUT2D eigenvalue weighted by atomic mass is 32.1. The van der Waals surface area contributed by atoms with Crippen LogP contribution in [-0.2, 0) is 22.4 Å². The Kier molecular flexibility index (Phi) is 5.48. The van der Waals surface area contributed by atoms with Gasteiger partial charge in [0, 0.05) is 10.3 Å². The van der Waals surface area contributed by atoms with Crippen LogP contribution in [0.15, 0.2) is 29.6 Å². The molecule has 1 aliphatic rings. The Hall–Kier alpha value is -2.21. The molecule has 0 saturated carbocycles. The van der Waals surface area contributed by atoms with Crippen LogP contribution in [0.5, 0.6) is 0 Å². The summed E-state index contributed by atoms with van der Waals surface area (Å²) in [5.41, 5.74) is 2.47. The highest BCUT2D eigenvalue weighted by molar-refractivity contribution is 7.10. The summed E-state index contributed by atoms with van der Waals surface area (Å²) in [6.45, 7) is 1.47. The van der Waals surface area contributed by atoms with Gasteiger partial charge in [-0.2, -0.15) is 0 Å². The predicted molar refractivity (Wildman–Crippen MR) is 94.2 cm³/mol. The van der Waals surface area contributed by atoms with Gasteiger partial charge in [0.2, 0.25) is 0 Å². The third kappa shape index (κ3) is 4.25. The second-order valence-corrected chi connectivity index (χ2v) is 7.14. The van der Waals surface area contributed by atoms with Crippen molar-refractivity contribution in [1.82, 2.24) is 5.32 Å². The number of esters is 1. The molecule has 1 aromatic heterocycles. The summed E-state index contributed by atoms with van der Waals surface area (Å²) in [6.07, 6.45) is 4.16. The first-order chi connectivity index (χ1) is 12.0. The lowest BCUT2D eigenvalue weighted by molar-refractivity contribution is -0.124. The molecule has 0 radical (unpaired) electrons. The van der Waals surface area contributed by atoms with Gasteiger partial charge in [-0.1, -0.05) is 12.1 Å². The van der Waals surface area contributed by atoms with Crippen LogP contribution in [0.25, 0.3) is 0 Å². The van der Waals surface area contributed by atoms with Crippen molar-refractivity contribution >= 4 is 23.2 Å². The van der Waals surface area contributed by atoms with Gasteiger partial charge in [-0.3, -0.25) is 4.79 Å². The zero-order valence-corrected chi connectivity index (χ0v) is 14.8. The Morgan fingerprint density at radius 1 is 1.24 bits per heavy atom. The van der Waals surface area contributed by atoms with Crippen molar-refractivity contribution in [2.24, 2.45) is 0 Å².